The van der Waals surface area contributed by atoms with E-state index in [1.54, 1.807) is 0 Å². The Kier molecular flexibility index (Phi) is 4.52. The van der Waals surface area contributed by atoms with E-state index in [1.807, 2.05) is 0 Å². The van der Waals surface area contributed by atoms with Crippen LogP contribution in [0.5, 0.6) is 0 Å². The first-order chi connectivity index (χ1) is 11.9. The van der Waals surface area contributed by atoms with Gasteiger partial charge in [-0.05, 0) is 69.6 Å². The maximum Gasteiger partial charge on any atom is 0.309 e. The van der Waals surface area contributed by atoms with E-state index in [-0.39, 0.29) is 12.8 Å². The van der Waals surface area contributed by atoms with Crippen molar-refractivity contribution in [3.8, 4) is 0 Å². The number of carbonyl (C=O) groups is 2. The van der Waals surface area contributed by atoms with Gasteiger partial charge in [-0.1, -0.05) is 0 Å². The molecule has 140 valence electrons. The van der Waals surface area contributed by atoms with Gasteiger partial charge < -0.3 is 19.7 Å². The summed E-state index contributed by atoms with van der Waals surface area (Å²) < 4.78 is 11.2. The van der Waals surface area contributed by atoms with Crippen LogP contribution in [0.2, 0.25) is 0 Å². The van der Waals surface area contributed by atoms with E-state index in [0.29, 0.717) is 49.1 Å². The zero-order chi connectivity index (χ0) is 17.6. The van der Waals surface area contributed by atoms with E-state index in [1.165, 1.54) is 0 Å². The van der Waals surface area contributed by atoms with Crippen molar-refractivity contribution in [3.63, 3.8) is 0 Å². The fraction of sp³-hybridized carbons (Fsp3) is 0.895. The van der Waals surface area contributed by atoms with Crippen LogP contribution in [0.15, 0.2) is 0 Å². The third kappa shape index (κ3) is 3.85. The Bertz CT molecular complexity index is 516. The lowest BCUT2D eigenvalue weighted by atomic mass is 9.66. The number of hydrogen-bond donors (Lipinski definition) is 2. The number of hydrogen-bond acceptors (Lipinski definition) is 4. The first kappa shape index (κ1) is 17.3. The van der Waals surface area contributed by atoms with Crippen LogP contribution in [0, 0.1) is 17.3 Å². The van der Waals surface area contributed by atoms with E-state index in [0.717, 1.165) is 38.5 Å². The van der Waals surface area contributed by atoms with Crippen molar-refractivity contribution in [2.24, 2.45) is 17.3 Å². The quantitative estimate of drug-likeness (QED) is 0.652. The van der Waals surface area contributed by atoms with E-state index >= 15 is 0 Å². The van der Waals surface area contributed by atoms with Gasteiger partial charge in [0.2, 0.25) is 0 Å². The van der Waals surface area contributed by atoms with E-state index < -0.39 is 17.4 Å². The zero-order valence-corrected chi connectivity index (χ0v) is 14.6. The topological polar surface area (TPSA) is 99.7 Å². The molecule has 2 N–H and O–H groups in total. The molecule has 0 radical (unpaired) electrons. The molecule has 4 rings (SSSR count). The summed E-state index contributed by atoms with van der Waals surface area (Å²) >= 11 is 0. The van der Waals surface area contributed by atoms with Crippen molar-refractivity contribution >= 4 is 11.9 Å². The molecule has 4 aliphatic rings. The molecule has 0 amide bonds. The molecule has 0 spiro atoms. The van der Waals surface area contributed by atoms with Crippen molar-refractivity contribution in [1.82, 2.24) is 0 Å². The Balaban J connectivity index is 1.46. The molecule has 4 fully saturated rings. The van der Waals surface area contributed by atoms with Gasteiger partial charge in [-0.25, -0.2) is 0 Å². The summed E-state index contributed by atoms with van der Waals surface area (Å²) in [6, 6.07) is 0. The van der Waals surface area contributed by atoms with E-state index in [4.69, 9.17) is 14.6 Å². The molecule has 6 nitrogen and oxygen atoms in total. The highest BCUT2D eigenvalue weighted by atomic mass is 16.6. The Labute approximate surface area is 147 Å². The maximum absolute atomic E-state index is 12.3. The molecule has 0 bridgehead atoms. The Morgan fingerprint density at radius 2 is 1.36 bits per heavy atom. The standard InChI is InChI=1S/C19H28O6/c20-17(21)5-6-19(18(22)23,9-11-1-3-13-15(7-11)24-13)10-12-2-4-14-16(8-12)25-14/h11-16H,1-10H2,(H,20,21)(H,22,23). The average molecular weight is 352 g/mol. The minimum Gasteiger partial charge on any atom is -0.481 e. The van der Waals surface area contributed by atoms with Gasteiger partial charge in [0.05, 0.1) is 29.8 Å². The van der Waals surface area contributed by atoms with Crippen LogP contribution < -0.4 is 0 Å². The molecule has 2 heterocycles. The molecule has 6 atom stereocenters. The summed E-state index contributed by atoms with van der Waals surface area (Å²) in [5.74, 6) is -1.05. The predicted octanol–water partition coefficient (Wildman–Crippen LogP) is 2.84. The van der Waals surface area contributed by atoms with Gasteiger partial charge in [-0.2, -0.15) is 0 Å². The van der Waals surface area contributed by atoms with Crippen LogP contribution in [0.1, 0.15) is 64.2 Å². The van der Waals surface area contributed by atoms with Crippen LogP contribution >= 0.6 is 0 Å². The number of carboxylic acids is 2. The van der Waals surface area contributed by atoms with Crippen LogP contribution in [0.3, 0.4) is 0 Å². The molecular weight excluding hydrogens is 324 g/mol. The van der Waals surface area contributed by atoms with Crippen molar-refractivity contribution in [2.45, 2.75) is 88.6 Å². The molecule has 0 aromatic rings. The zero-order valence-electron chi connectivity index (χ0n) is 14.6. The lowest BCUT2D eigenvalue weighted by Gasteiger charge is -2.37. The summed E-state index contributed by atoms with van der Waals surface area (Å²) in [7, 11) is 0. The van der Waals surface area contributed by atoms with Gasteiger partial charge >= 0.3 is 11.9 Å². The fourth-order valence-corrected chi connectivity index (χ4v) is 5.36. The predicted molar refractivity (Wildman–Crippen MR) is 88.2 cm³/mol. The highest BCUT2D eigenvalue weighted by Crippen LogP contribution is 2.50. The molecule has 2 saturated carbocycles. The first-order valence-corrected chi connectivity index (χ1v) is 9.71. The fourth-order valence-electron chi connectivity index (χ4n) is 5.36. The van der Waals surface area contributed by atoms with E-state index in [9.17, 15) is 14.7 Å². The second-order valence-electron chi connectivity index (χ2n) is 8.67. The van der Waals surface area contributed by atoms with Crippen LogP contribution in [-0.2, 0) is 19.1 Å². The molecule has 6 unspecified atom stereocenters. The van der Waals surface area contributed by atoms with Crippen LogP contribution in [-0.4, -0.2) is 46.6 Å². The second kappa shape index (κ2) is 6.54. The number of carboxylic acid groups (broad SMARTS) is 2. The van der Waals surface area contributed by atoms with Crippen LogP contribution in [0.25, 0.3) is 0 Å². The Morgan fingerprint density at radius 1 is 0.840 bits per heavy atom. The summed E-state index contributed by atoms with van der Waals surface area (Å²) in [5, 5.41) is 19.2. The lowest BCUT2D eigenvalue weighted by molar-refractivity contribution is -0.153. The molecule has 0 aromatic heterocycles. The van der Waals surface area contributed by atoms with Gasteiger partial charge in [0, 0.05) is 6.42 Å². The van der Waals surface area contributed by atoms with E-state index in [2.05, 4.69) is 0 Å². The van der Waals surface area contributed by atoms with Crippen molar-refractivity contribution in [2.75, 3.05) is 0 Å². The van der Waals surface area contributed by atoms with Crippen molar-refractivity contribution in [1.29, 1.82) is 0 Å². The SMILES string of the molecule is O=C(O)CCC(CC1CCC2OC2C1)(CC1CCC2OC2C1)C(=O)O. The molecule has 0 aromatic carbocycles. The number of fused-ring (bicyclic) bond motifs is 2. The number of ether oxygens (including phenoxy) is 2. The number of epoxide rings is 2. The average Bonchev–Trinajstić information content (AvgIpc) is 3.45. The first-order valence-electron chi connectivity index (χ1n) is 9.71. The van der Waals surface area contributed by atoms with Gasteiger partial charge in [-0.15, -0.1) is 0 Å². The molecule has 6 heteroatoms. The normalized spacial score (nSPS) is 41.1. The Morgan fingerprint density at radius 3 is 1.76 bits per heavy atom. The Hall–Kier alpha value is -1.14. The highest BCUT2D eigenvalue weighted by Gasteiger charge is 2.50. The van der Waals surface area contributed by atoms with Crippen molar-refractivity contribution < 1.29 is 29.3 Å². The number of rotatable bonds is 8. The summed E-state index contributed by atoms with van der Waals surface area (Å²) in [6.07, 6.45) is 8.69. The minimum absolute atomic E-state index is 0.0726. The van der Waals surface area contributed by atoms with Gasteiger partial charge in [0.15, 0.2) is 0 Å². The van der Waals surface area contributed by atoms with Crippen LogP contribution in [0.4, 0.5) is 0 Å². The smallest absolute Gasteiger partial charge is 0.309 e. The van der Waals surface area contributed by atoms with Crippen molar-refractivity contribution in [3.05, 3.63) is 0 Å². The summed E-state index contributed by atoms with van der Waals surface area (Å²) in [6.45, 7) is 0. The van der Waals surface area contributed by atoms with Gasteiger partial charge in [-0.3, -0.25) is 9.59 Å². The molecule has 2 saturated heterocycles. The number of aliphatic carboxylic acids is 2. The lowest BCUT2D eigenvalue weighted by Crippen LogP contribution is -2.38. The van der Waals surface area contributed by atoms with Gasteiger partial charge in [0.25, 0.3) is 0 Å². The molecular formula is C19H28O6. The summed E-state index contributed by atoms with van der Waals surface area (Å²) in [5.41, 5.74) is -0.919. The third-order valence-electron chi connectivity index (χ3n) is 6.86. The molecule has 2 aliphatic heterocycles. The summed E-state index contributed by atoms with van der Waals surface area (Å²) in [4.78, 5) is 23.4. The van der Waals surface area contributed by atoms with Gasteiger partial charge in [0.1, 0.15) is 0 Å². The third-order valence-corrected chi connectivity index (χ3v) is 6.86. The second-order valence-corrected chi connectivity index (χ2v) is 8.67. The maximum atomic E-state index is 12.3. The molecule has 25 heavy (non-hydrogen) atoms. The highest BCUT2D eigenvalue weighted by molar-refractivity contribution is 5.76. The monoisotopic (exact) mass is 352 g/mol. The minimum atomic E-state index is -0.919. The molecule has 2 aliphatic carbocycles. The largest absolute Gasteiger partial charge is 0.481 e.